The zero-order chi connectivity index (χ0) is 41.1. The number of benzene rings is 7. The molecule has 0 fully saturated rings. The summed E-state index contributed by atoms with van der Waals surface area (Å²) < 4.78 is 2.23. The van der Waals surface area contributed by atoms with Crippen LogP contribution in [0.2, 0.25) is 0 Å². The van der Waals surface area contributed by atoms with Crippen LogP contribution in [0.15, 0.2) is 157 Å². The van der Waals surface area contributed by atoms with E-state index in [1.54, 1.807) is 0 Å². The Morgan fingerprint density at radius 3 is 2.08 bits per heavy atom. The van der Waals surface area contributed by atoms with Gasteiger partial charge in [-0.3, -0.25) is 9.56 Å². The summed E-state index contributed by atoms with van der Waals surface area (Å²) in [6.07, 6.45) is 0.975. The second-order valence-corrected chi connectivity index (χ2v) is 18.8. The summed E-state index contributed by atoms with van der Waals surface area (Å²) in [4.78, 5) is 13.6. The van der Waals surface area contributed by atoms with E-state index < -0.39 is 0 Å². The first-order valence-corrected chi connectivity index (χ1v) is 21.2. The Morgan fingerprint density at radius 2 is 1.30 bits per heavy atom. The van der Waals surface area contributed by atoms with Crippen LogP contribution in [-0.2, 0) is 17.3 Å². The highest BCUT2D eigenvalue weighted by atomic mass is 16.3. The summed E-state index contributed by atoms with van der Waals surface area (Å²) in [5.41, 5.74) is 17.2. The van der Waals surface area contributed by atoms with Gasteiger partial charge in [0.2, 0.25) is 0 Å². The highest BCUT2D eigenvalue weighted by Crippen LogP contribution is 2.51. The molecule has 0 spiro atoms. The lowest BCUT2D eigenvalue weighted by Crippen LogP contribution is -2.39. The molecule has 1 aromatic heterocycles. The molecule has 5 nitrogen and oxygen atoms in total. The van der Waals surface area contributed by atoms with E-state index in [4.69, 9.17) is 9.98 Å². The van der Waals surface area contributed by atoms with E-state index in [0.717, 1.165) is 62.4 Å². The molecule has 0 bridgehead atoms. The van der Waals surface area contributed by atoms with Crippen molar-refractivity contribution in [1.82, 2.24) is 9.55 Å². The number of rotatable bonds is 4. The van der Waals surface area contributed by atoms with Gasteiger partial charge in [-0.05, 0) is 98.7 Å². The summed E-state index contributed by atoms with van der Waals surface area (Å²) >= 11 is 0. The molecule has 1 aliphatic carbocycles. The molecule has 5 heteroatoms. The first-order chi connectivity index (χ1) is 28.9. The van der Waals surface area contributed by atoms with Crippen LogP contribution >= 0.6 is 0 Å². The number of phenolic OH excluding ortho intramolecular Hbond substituents is 1. The molecule has 0 radical (unpaired) electrons. The predicted molar refractivity (Wildman–Crippen MR) is 248 cm³/mol. The molecule has 60 heavy (non-hydrogen) atoms. The number of aromatic hydroxyl groups is 1. The molecule has 1 N–H and O–H groups in total. The van der Waals surface area contributed by atoms with Gasteiger partial charge in [0.25, 0.3) is 0 Å². The molecule has 0 saturated heterocycles. The Hall–Kier alpha value is -6.72. The lowest BCUT2D eigenvalue weighted by atomic mass is 9.83. The van der Waals surface area contributed by atoms with Crippen molar-refractivity contribution in [3.8, 4) is 56.2 Å². The highest BCUT2D eigenvalue weighted by molar-refractivity contribution is 6.21. The number of amidine groups is 1. The van der Waals surface area contributed by atoms with Crippen LogP contribution in [0.25, 0.3) is 61.5 Å². The first-order valence-electron chi connectivity index (χ1n) is 21.2. The Morgan fingerprint density at radius 1 is 0.583 bits per heavy atom. The maximum absolute atomic E-state index is 12.3. The molecule has 7 aromatic carbocycles. The van der Waals surface area contributed by atoms with Crippen LogP contribution < -0.4 is 4.90 Å². The van der Waals surface area contributed by atoms with Gasteiger partial charge in [0.05, 0.1) is 34.4 Å². The SMILES string of the molecule is CC(C)(C)c1ccc(-n2c(-c3cc(-c4ccccc4)cc(C(C)(C)C)c3O)nc3c(-c4ccc5c(c4)C4=N[C@H]6c7ccccc7C[C@H]6N4c4ccccc4-5)cccc32)cc1. The fraction of sp³-hybridized carbons (Fsp3) is 0.200. The average molecular weight is 781 g/mol. The van der Waals surface area contributed by atoms with Gasteiger partial charge in [-0.2, -0.15) is 0 Å². The largest absolute Gasteiger partial charge is 0.507 e. The van der Waals surface area contributed by atoms with Gasteiger partial charge in [-0.1, -0.05) is 151 Å². The zero-order valence-electron chi connectivity index (χ0n) is 35.0. The van der Waals surface area contributed by atoms with E-state index in [1.807, 2.05) is 6.07 Å². The third-order valence-corrected chi connectivity index (χ3v) is 13.0. The summed E-state index contributed by atoms with van der Waals surface area (Å²) in [5.74, 6) is 2.00. The van der Waals surface area contributed by atoms with Crippen LogP contribution in [0.3, 0.4) is 0 Å². The van der Waals surface area contributed by atoms with Crippen molar-refractivity contribution in [3.63, 3.8) is 0 Å². The lowest BCUT2D eigenvalue weighted by molar-refractivity contribution is 0.448. The van der Waals surface area contributed by atoms with Crippen LogP contribution in [-0.4, -0.2) is 26.5 Å². The van der Waals surface area contributed by atoms with Gasteiger partial charge in [-0.15, -0.1) is 0 Å². The Balaban J connectivity index is 1.14. The number of anilines is 1. The van der Waals surface area contributed by atoms with Gasteiger partial charge < -0.3 is 10.0 Å². The molecule has 2 aliphatic heterocycles. The number of fused-ring (bicyclic) bond motifs is 11. The van der Waals surface area contributed by atoms with E-state index in [0.29, 0.717) is 11.4 Å². The van der Waals surface area contributed by atoms with Crippen molar-refractivity contribution >= 4 is 22.6 Å². The maximum Gasteiger partial charge on any atom is 0.149 e. The fourth-order valence-electron chi connectivity index (χ4n) is 9.89. The molecule has 8 aromatic rings. The Kier molecular flexibility index (Phi) is 7.97. The van der Waals surface area contributed by atoms with E-state index in [1.165, 1.54) is 33.5 Å². The maximum atomic E-state index is 12.3. The van der Waals surface area contributed by atoms with Crippen LogP contribution in [0.4, 0.5) is 5.69 Å². The second-order valence-electron chi connectivity index (χ2n) is 18.8. The molecular weight excluding hydrogens is 733 g/mol. The van der Waals surface area contributed by atoms with Crippen molar-refractivity contribution < 1.29 is 5.11 Å². The molecule has 0 amide bonds. The van der Waals surface area contributed by atoms with Crippen LogP contribution in [0.5, 0.6) is 5.75 Å². The molecule has 294 valence electrons. The van der Waals surface area contributed by atoms with E-state index in [2.05, 4.69) is 197 Å². The van der Waals surface area contributed by atoms with E-state index >= 15 is 0 Å². The number of nitrogens with zero attached hydrogens (tertiary/aromatic N) is 4. The second kappa shape index (κ2) is 13.1. The molecule has 0 unspecified atom stereocenters. The lowest BCUT2D eigenvalue weighted by Gasteiger charge is -2.34. The van der Waals surface area contributed by atoms with Crippen molar-refractivity contribution in [2.45, 2.75) is 70.9 Å². The smallest absolute Gasteiger partial charge is 0.149 e. The van der Waals surface area contributed by atoms with Gasteiger partial charge >= 0.3 is 0 Å². The number of aliphatic imine (C=N–C) groups is 1. The molecule has 2 atom stereocenters. The van der Waals surface area contributed by atoms with Crippen molar-refractivity contribution in [1.29, 1.82) is 0 Å². The van der Waals surface area contributed by atoms with Crippen LogP contribution in [0, 0.1) is 0 Å². The van der Waals surface area contributed by atoms with Crippen LogP contribution in [0.1, 0.15) is 75.4 Å². The monoisotopic (exact) mass is 780 g/mol. The zero-order valence-corrected chi connectivity index (χ0v) is 35.0. The van der Waals surface area contributed by atoms with Gasteiger partial charge in [0, 0.05) is 27.9 Å². The number of aromatic nitrogens is 2. The molecule has 11 rings (SSSR count). The average Bonchev–Trinajstić information content (AvgIpc) is 3.94. The minimum atomic E-state index is -0.320. The van der Waals surface area contributed by atoms with Crippen molar-refractivity contribution in [2.24, 2.45) is 4.99 Å². The highest BCUT2D eigenvalue weighted by Gasteiger charge is 2.46. The summed E-state index contributed by atoms with van der Waals surface area (Å²) in [6, 6.07) is 54.8. The molecular formula is C55H48N4O. The standard InChI is InChI=1S/C55H48N4O/c1-54(2,3)37-24-26-38(27-25-37)58-47-22-14-20-40(49(47)56-53(58)44-30-36(33-15-8-7-9-16-33)31-45(51(44)60)55(4,5)6)35-23-28-41-42-19-12-13-21-46(42)59-48-32-34-17-10-11-18-39(34)50(48)57-52(59)43(41)29-35/h7-31,48,50,60H,32H2,1-6H3/t48-,50+/m1/s1. The minimum absolute atomic E-state index is 0.00359. The predicted octanol–water partition coefficient (Wildman–Crippen LogP) is 13.2. The summed E-state index contributed by atoms with van der Waals surface area (Å²) in [7, 11) is 0. The summed E-state index contributed by atoms with van der Waals surface area (Å²) in [5, 5.41) is 12.3. The van der Waals surface area contributed by atoms with Gasteiger partial charge in [0.1, 0.15) is 17.4 Å². The summed E-state index contributed by atoms with van der Waals surface area (Å²) in [6.45, 7) is 13.2. The number of hydrogen-bond acceptors (Lipinski definition) is 4. The number of para-hydroxylation sites is 2. The topological polar surface area (TPSA) is 53.6 Å². The number of imidazole rings is 1. The van der Waals surface area contributed by atoms with Gasteiger partial charge in [0.15, 0.2) is 0 Å². The third kappa shape index (κ3) is 5.59. The molecule has 0 saturated carbocycles. The Bertz CT molecular complexity index is 3050. The number of hydrogen-bond donors (Lipinski definition) is 1. The fourth-order valence-corrected chi connectivity index (χ4v) is 9.89. The number of phenols is 1. The van der Waals surface area contributed by atoms with Crippen molar-refractivity contribution in [3.05, 3.63) is 179 Å². The third-order valence-electron chi connectivity index (χ3n) is 13.0. The van der Waals surface area contributed by atoms with Gasteiger partial charge in [-0.25, -0.2) is 4.98 Å². The Labute approximate surface area is 352 Å². The minimum Gasteiger partial charge on any atom is -0.507 e. The van der Waals surface area contributed by atoms with E-state index in [-0.39, 0.29) is 28.7 Å². The first kappa shape index (κ1) is 36.4. The quantitative estimate of drug-likeness (QED) is 0.193. The molecule has 3 heterocycles. The van der Waals surface area contributed by atoms with E-state index in [9.17, 15) is 5.11 Å². The van der Waals surface area contributed by atoms with Crippen molar-refractivity contribution in [2.75, 3.05) is 4.90 Å². The molecule has 3 aliphatic rings. The normalized spacial score (nSPS) is 16.6.